The molecular formula is C16H17FN4OS. The normalized spacial score (nSPS) is 21.5. The van der Waals surface area contributed by atoms with Crippen molar-refractivity contribution in [3.8, 4) is 11.1 Å². The number of hydrogen-bond donors (Lipinski definition) is 1. The Labute approximate surface area is 137 Å². The minimum absolute atomic E-state index is 0.0609. The fourth-order valence-corrected chi connectivity index (χ4v) is 3.56. The molecule has 0 unspecified atom stereocenters. The lowest BCUT2D eigenvalue weighted by Gasteiger charge is -2.32. The van der Waals surface area contributed by atoms with Crippen molar-refractivity contribution in [2.75, 3.05) is 7.05 Å². The Hall–Kier alpha value is -2.28. The van der Waals surface area contributed by atoms with Crippen LogP contribution in [0.1, 0.15) is 23.8 Å². The molecule has 2 aromatic heterocycles. The quantitative estimate of drug-likeness (QED) is 0.860. The highest BCUT2D eigenvalue weighted by atomic mass is 32.1. The number of nitrogens with two attached hydrogens (primary N) is 1. The van der Waals surface area contributed by atoms with Gasteiger partial charge >= 0.3 is 0 Å². The van der Waals surface area contributed by atoms with E-state index in [0.29, 0.717) is 5.56 Å². The standard InChI is InChI=1S/C16H17FN4OS/c1-9-4-10(7-19-14(9)17)11-5-12(23-8-11)16(2)6-13(22)21(3)15(18)20-16/h4-5,7-8H,6H2,1-3H3,(H2,18,20)/t16-/m0/s1. The average Bonchev–Trinajstić information content (AvgIpc) is 2.98. The molecule has 23 heavy (non-hydrogen) atoms. The summed E-state index contributed by atoms with van der Waals surface area (Å²) in [5.41, 5.74) is 7.45. The van der Waals surface area contributed by atoms with Gasteiger partial charge in [0.25, 0.3) is 0 Å². The summed E-state index contributed by atoms with van der Waals surface area (Å²) in [5, 5.41) is 1.96. The van der Waals surface area contributed by atoms with Gasteiger partial charge in [0.05, 0.1) is 6.42 Å². The molecular weight excluding hydrogens is 315 g/mol. The summed E-state index contributed by atoms with van der Waals surface area (Å²) in [7, 11) is 1.62. The van der Waals surface area contributed by atoms with Gasteiger partial charge in [0.1, 0.15) is 5.54 Å². The zero-order valence-corrected chi connectivity index (χ0v) is 13.9. The second-order valence-corrected chi connectivity index (χ2v) is 6.82. The topological polar surface area (TPSA) is 71.6 Å². The lowest BCUT2D eigenvalue weighted by molar-refractivity contribution is -0.128. The first kappa shape index (κ1) is 15.6. The van der Waals surface area contributed by atoms with E-state index in [-0.39, 0.29) is 18.3 Å². The van der Waals surface area contributed by atoms with Crippen molar-refractivity contribution in [1.29, 1.82) is 0 Å². The van der Waals surface area contributed by atoms with Crippen molar-refractivity contribution in [2.45, 2.75) is 25.8 Å². The van der Waals surface area contributed by atoms with E-state index in [2.05, 4.69) is 9.98 Å². The highest BCUT2D eigenvalue weighted by molar-refractivity contribution is 7.10. The van der Waals surface area contributed by atoms with Crippen LogP contribution in [0.3, 0.4) is 0 Å². The zero-order chi connectivity index (χ0) is 16.8. The molecule has 1 atom stereocenters. The number of rotatable bonds is 2. The fraction of sp³-hybridized carbons (Fsp3) is 0.312. The third-order valence-electron chi connectivity index (χ3n) is 4.05. The van der Waals surface area contributed by atoms with Crippen LogP contribution in [0, 0.1) is 12.9 Å². The van der Waals surface area contributed by atoms with Crippen molar-refractivity contribution in [3.05, 3.63) is 40.1 Å². The van der Waals surface area contributed by atoms with Crippen LogP contribution in [0.2, 0.25) is 0 Å². The van der Waals surface area contributed by atoms with Crippen molar-refractivity contribution < 1.29 is 9.18 Å². The molecule has 1 aliphatic rings. The van der Waals surface area contributed by atoms with E-state index in [9.17, 15) is 9.18 Å². The molecule has 5 nitrogen and oxygen atoms in total. The lowest BCUT2D eigenvalue weighted by atomic mass is 9.93. The first-order chi connectivity index (χ1) is 10.8. The van der Waals surface area contributed by atoms with Crippen molar-refractivity contribution in [3.63, 3.8) is 0 Å². The number of hydrogen-bond acceptors (Lipinski definition) is 5. The molecule has 0 radical (unpaired) electrons. The Morgan fingerprint density at radius 1 is 1.39 bits per heavy atom. The maximum absolute atomic E-state index is 13.3. The van der Waals surface area contributed by atoms with Crippen LogP contribution in [0.15, 0.2) is 28.7 Å². The van der Waals surface area contributed by atoms with Crippen LogP contribution in [0.5, 0.6) is 0 Å². The number of thiophene rings is 1. The van der Waals surface area contributed by atoms with Gasteiger partial charge in [0, 0.05) is 29.2 Å². The van der Waals surface area contributed by atoms with Gasteiger partial charge in [-0.05, 0) is 36.9 Å². The second-order valence-electron chi connectivity index (χ2n) is 5.90. The molecule has 3 rings (SSSR count). The number of nitrogens with zero attached hydrogens (tertiary/aromatic N) is 3. The van der Waals surface area contributed by atoms with Gasteiger partial charge in [0.2, 0.25) is 11.9 Å². The van der Waals surface area contributed by atoms with Crippen LogP contribution in [0.25, 0.3) is 11.1 Å². The van der Waals surface area contributed by atoms with Crippen molar-refractivity contribution >= 4 is 23.2 Å². The minimum Gasteiger partial charge on any atom is -0.369 e. The van der Waals surface area contributed by atoms with E-state index in [4.69, 9.17) is 5.73 Å². The Bertz CT molecular complexity index is 816. The predicted molar refractivity (Wildman–Crippen MR) is 88.6 cm³/mol. The number of halogens is 1. The number of amides is 1. The molecule has 120 valence electrons. The average molecular weight is 332 g/mol. The summed E-state index contributed by atoms with van der Waals surface area (Å²) >= 11 is 1.51. The van der Waals surface area contributed by atoms with E-state index in [1.807, 2.05) is 18.4 Å². The minimum atomic E-state index is -0.668. The number of aliphatic imine (C=N–C) groups is 1. The molecule has 1 amide bonds. The molecule has 0 spiro atoms. The number of carbonyl (C=O) groups excluding carboxylic acids is 1. The largest absolute Gasteiger partial charge is 0.369 e. The zero-order valence-electron chi connectivity index (χ0n) is 13.1. The number of aromatic nitrogens is 1. The lowest BCUT2D eigenvalue weighted by Crippen LogP contribution is -2.47. The maximum atomic E-state index is 13.3. The Morgan fingerprint density at radius 3 is 2.78 bits per heavy atom. The Kier molecular flexibility index (Phi) is 3.68. The second kappa shape index (κ2) is 5.42. The van der Waals surface area contributed by atoms with Gasteiger partial charge in [-0.15, -0.1) is 11.3 Å². The summed E-state index contributed by atoms with van der Waals surface area (Å²) in [6, 6.07) is 3.72. The number of guanidine groups is 1. The van der Waals surface area contributed by atoms with E-state index in [1.54, 1.807) is 20.0 Å². The molecule has 0 saturated carbocycles. The van der Waals surface area contributed by atoms with Gasteiger partial charge in [-0.1, -0.05) is 0 Å². The van der Waals surface area contributed by atoms with E-state index < -0.39 is 11.5 Å². The molecule has 0 aliphatic carbocycles. The molecule has 7 heteroatoms. The SMILES string of the molecule is Cc1cc(-c2csc([C@]3(C)CC(=O)N(C)C(N)=N3)c2)cnc1F. The Balaban J connectivity index is 1.98. The maximum Gasteiger partial charge on any atom is 0.231 e. The van der Waals surface area contributed by atoms with Gasteiger partial charge < -0.3 is 5.73 Å². The van der Waals surface area contributed by atoms with Gasteiger partial charge in [0.15, 0.2) is 5.96 Å². The monoisotopic (exact) mass is 332 g/mol. The van der Waals surface area contributed by atoms with Gasteiger partial charge in [-0.3, -0.25) is 9.69 Å². The van der Waals surface area contributed by atoms with E-state index >= 15 is 0 Å². The fourth-order valence-electron chi connectivity index (χ4n) is 2.54. The van der Waals surface area contributed by atoms with Crippen LogP contribution in [-0.4, -0.2) is 28.8 Å². The third-order valence-corrected chi connectivity index (χ3v) is 5.24. The molecule has 0 saturated heterocycles. The molecule has 2 aromatic rings. The highest BCUT2D eigenvalue weighted by Gasteiger charge is 2.37. The molecule has 0 fully saturated rings. The van der Waals surface area contributed by atoms with Crippen LogP contribution in [-0.2, 0) is 10.3 Å². The van der Waals surface area contributed by atoms with E-state index in [0.717, 1.165) is 16.0 Å². The van der Waals surface area contributed by atoms with Crippen LogP contribution < -0.4 is 5.73 Å². The van der Waals surface area contributed by atoms with Crippen LogP contribution >= 0.6 is 11.3 Å². The molecule has 2 N–H and O–H groups in total. The first-order valence-electron chi connectivity index (χ1n) is 7.13. The summed E-state index contributed by atoms with van der Waals surface area (Å²) in [5.74, 6) is -0.304. The van der Waals surface area contributed by atoms with Crippen LogP contribution in [0.4, 0.5) is 4.39 Å². The predicted octanol–water partition coefficient (Wildman–Crippen LogP) is 2.65. The number of carbonyl (C=O) groups is 1. The third kappa shape index (κ3) is 2.72. The Morgan fingerprint density at radius 2 is 2.13 bits per heavy atom. The van der Waals surface area contributed by atoms with E-state index in [1.165, 1.54) is 22.4 Å². The number of pyridine rings is 1. The van der Waals surface area contributed by atoms with Gasteiger partial charge in [-0.2, -0.15) is 4.39 Å². The van der Waals surface area contributed by atoms with Crippen molar-refractivity contribution in [2.24, 2.45) is 10.7 Å². The number of aryl methyl sites for hydroxylation is 1. The summed E-state index contributed by atoms with van der Waals surface area (Å²) in [6.07, 6.45) is 1.78. The van der Waals surface area contributed by atoms with Gasteiger partial charge in [-0.25, -0.2) is 9.98 Å². The summed E-state index contributed by atoms with van der Waals surface area (Å²) in [4.78, 5) is 22.6. The molecule has 3 heterocycles. The smallest absolute Gasteiger partial charge is 0.231 e. The molecule has 1 aliphatic heterocycles. The first-order valence-corrected chi connectivity index (χ1v) is 8.01. The summed E-state index contributed by atoms with van der Waals surface area (Å²) in [6.45, 7) is 3.58. The summed E-state index contributed by atoms with van der Waals surface area (Å²) < 4.78 is 13.3. The highest BCUT2D eigenvalue weighted by Crippen LogP contribution is 2.39. The molecule has 0 aromatic carbocycles. The van der Waals surface area contributed by atoms with Crippen molar-refractivity contribution in [1.82, 2.24) is 9.88 Å². The molecule has 0 bridgehead atoms.